The van der Waals surface area contributed by atoms with Gasteiger partial charge in [0.25, 0.3) is 11.8 Å². The number of hydrogen-bond donors (Lipinski definition) is 4. The van der Waals surface area contributed by atoms with Crippen LogP contribution in [0.4, 0.5) is 4.79 Å². The minimum absolute atomic E-state index is 0.000818. The normalized spacial score (nSPS) is 27.7. The molecule has 3 unspecified atom stereocenters. The molecule has 13 atom stereocenters. The number of thioether (sulfide) groups is 1. The number of carbonyl (C=O) groups excluding carboxylic acids is 12. The van der Waals surface area contributed by atoms with Crippen molar-refractivity contribution in [2.75, 3.05) is 67.9 Å². The van der Waals surface area contributed by atoms with Crippen LogP contribution in [0.5, 0.6) is 0 Å². The van der Waals surface area contributed by atoms with Gasteiger partial charge in [-0.2, -0.15) is 11.8 Å². The number of urea groups is 1. The van der Waals surface area contributed by atoms with Crippen molar-refractivity contribution in [1.29, 1.82) is 0 Å². The van der Waals surface area contributed by atoms with Crippen LogP contribution in [-0.2, 0) is 57.5 Å². The number of carbonyl (C=O) groups is 12. The van der Waals surface area contributed by atoms with Gasteiger partial charge in [-0.15, -0.1) is 0 Å². The van der Waals surface area contributed by atoms with E-state index in [1.807, 2.05) is 41.5 Å². The molecule has 2 aliphatic rings. The third-order valence-electron chi connectivity index (χ3n) is 17.8. The van der Waals surface area contributed by atoms with Crippen LogP contribution in [-0.4, -0.2) is 256 Å². The SMILES string of the molecule is C/C=C/C[C@@H](C)[C@@H](O)[C@H]1C(=O)N[C@@H](CC)C(=O)N(C)[C@H](CSCCC(=O)OC)C(=O)N(C)[C@@](C=O)(CC(C)C)N[C@H](C(C)C)C(=O)N(C)[C@H]2CC(C)N(C(=O)C(C)NC(=O)N(C)C(CC(C)C)C(=O)N(C)[C@H](CCC(C)C)C(=O)N(C)[C@H](C(C)C)C(=O)N1C)C2=O. The Morgan fingerprint density at radius 1 is 0.670 bits per heavy atom. The lowest BCUT2D eigenvalue weighted by atomic mass is 9.91. The first-order valence-corrected chi connectivity index (χ1v) is 33.4. The Kier molecular flexibility index (Phi) is 32.3. The first-order valence-electron chi connectivity index (χ1n) is 32.3. The Hall–Kier alpha value is -6.15. The molecule has 0 radical (unpaired) electrons. The number of aldehydes is 1. The third-order valence-corrected chi connectivity index (χ3v) is 18.8. The second kappa shape index (κ2) is 36.3. The number of esters is 1. The summed E-state index contributed by atoms with van der Waals surface area (Å²) >= 11 is 1.15. The van der Waals surface area contributed by atoms with Crippen LogP contribution < -0.4 is 16.0 Å². The van der Waals surface area contributed by atoms with Crippen LogP contribution in [0.2, 0.25) is 0 Å². The number of ether oxygens (including phenoxy) is 1. The number of aliphatic hydroxyl groups excluding tert-OH is 1. The van der Waals surface area contributed by atoms with Gasteiger partial charge in [0.1, 0.15) is 48.3 Å². The zero-order valence-electron chi connectivity index (χ0n) is 58.9. The first kappa shape index (κ1) is 80.9. The summed E-state index contributed by atoms with van der Waals surface area (Å²) in [4.78, 5) is 185. The Balaban J connectivity index is 3.17. The Morgan fingerprint density at radius 2 is 1.24 bits per heavy atom. The number of allylic oxidation sites excluding steroid dienone is 2. The second-order valence-electron chi connectivity index (χ2n) is 27.0. The smallest absolute Gasteiger partial charge is 0.318 e. The fourth-order valence-corrected chi connectivity index (χ4v) is 13.0. The van der Waals surface area contributed by atoms with Crippen LogP contribution in [0.1, 0.15) is 155 Å². The summed E-state index contributed by atoms with van der Waals surface area (Å²) in [5.41, 5.74) is -1.96. The predicted octanol–water partition coefficient (Wildman–Crippen LogP) is 3.99. The highest BCUT2D eigenvalue weighted by molar-refractivity contribution is 7.99. The van der Waals surface area contributed by atoms with Crippen molar-refractivity contribution in [1.82, 2.24) is 55.1 Å². The molecule has 11 amide bonds. The summed E-state index contributed by atoms with van der Waals surface area (Å²) in [5.74, 6) is -9.42. The van der Waals surface area contributed by atoms with E-state index in [-0.39, 0.29) is 74.2 Å². The van der Waals surface area contributed by atoms with Crippen molar-refractivity contribution in [3.8, 4) is 0 Å². The van der Waals surface area contributed by atoms with Crippen LogP contribution >= 0.6 is 11.8 Å². The monoisotopic (exact) mass is 1300 g/mol. The van der Waals surface area contributed by atoms with Gasteiger partial charge in [-0.1, -0.05) is 95.2 Å². The standard InChI is InChI=1S/C65H113N11O14S/c1-24-26-27-42(13)54(79)53-55(80)67-45(25-2)57(82)71(18)49(35-91-31-30-50(78)90-23)60(85)75(22)65(36-77,34-39(7)8)68-51(40(9)10)62(87)70(17)48-33-43(14)76(61(48)86)56(81)44(15)66-64(89)72(19)47(32-38(5)6)59(84)69(16)46(29-28-37(3)4)58(83)73(20)52(41(11)12)63(88)74(53)21/h24,26,36-49,51-54,68,79H,25,27-35H2,1-23H3,(H,66,89)(H,67,80)/b26-24+/t42-,43?,44?,45+,46-,47?,48+,49-,51-,52-,53+,54-,65-/m1/s1. The zero-order valence-corrected chi connectivity index (χ0v) is 59.7. The summed E-state index contributed by atoms with van der Waals surface area (Å²) in [6.45, 7) is 26.3. The van der Waals surface area contributed by atoms with E-state index >= 15 is 33.6 Å². The van der Waals surface area contributed by atoms with Crippen LogP contribution in [0, 0.1) is 35.5 Å². The van der Waals surface area contributed by atoms with Gasteiger partial charge in [-0.3, -0.25) is 63.0 Å². The van der Waals surface area contributed by atoms with E-state index in [1.165, 1.54) is 78.1 Å². The molecule has 0 aromatic rings. The first-order chi connectivity index (χ1) is 42.3. The van der Waals surface area contributed by atoms with E-state index in [1.54, 1.807) is 67.5 Å². The molecule has 91 heavy (non-hydrogen) atoms. The maximum Gasteiger partial charge on any atom is 0.318 e. The highest BCUT2D eigenvalue weighted by Gasteiger charge is 2.51. The van der Waals surface area contributed by atoms with Crippen molar-refractivity contribution in [3.63, 3.8) is 0 Å². The number of imide groups is 1. The van der Waals surface area contributed by atoms with Gasteiger partial charge < -0.3 is 54.8 Å². The Morgan fingerprint density at radius 3 is 1.75 bits per heavy atom. The van der Waals surface area contributed by atoms with Gasteiger partial charge in [-0.05, 0) is 101 Å². The second-order valence-corrected chi connectivity index (χ2v) is 28.2. The number of methoxy groups -OCH3 is 1. The van der Waals surface area contributed by atoms with Crippen LogP contribution in [0.15, 0.2) is 12.2 Å². The number of nitrogens with one attached hydrogen (secondary N) is 3. The Labute approximate surface area is 546 Å². The largest absolute Gasteiger partial charge is 0.469 e. The molecule has 26 heteroatoms. The summed E-state index contributed by atoms with van der Waals surface area (Å²) in [6.07, 6.45) is 3.37. The number of nitrogens with zero attached hydrogens (tertiary/aromatic N) is 8. The van der Waals surface area contributed by atoms with Crippen LogP contribution in [0.25, 0.3) is 0 Å². The van der Waals surface area contributed by atoms with E-state index in [0.717, 1.165) is 36.3 Å². The van der Waals surface area contributed by atoms with Gasteiger partial charge in [0.2, 0.25) is 41.4 Å². The van der Waals surface area contributed by atoms with Gasteiger partial charge >= 0.3 is 12.0 Å². The molecule has 25 nitrogen and oxygen atoms in total. The molecule has 0 aliphatic carbocycles. The molecular weight excluding hydrogens is 1190 g/mol. The summed E-state index contributed by atoms with van der Waals surface area (Å²) in [5, 5.41) is 21.0. The van der Waals surface area contributed by atoms with Gasteiger partial charge in [0, 0.05) is 66.9 Å². The fraction of sp³-hybridized carbons (Fsp3) is 0.785. The maximum absolute atomic E-state index is 15.5. The molecule has 0 aromatic carbocycles. The topological polar surface area (TPSA) is 296 Å². The molecule has 2 aliphatic heterocycles. The summed E-state index contributed by atoms with van der Waals surface area (Å²) < 4.78 is 4.85. The van der Waals surface area contributed by atoms with Crippen LogP contribution in [0.3, 0.4) is 0 Å². The van der Waals surface area contributed by atoms with Crippen molar-refractivity contribution in [3.05, 3.63) is 12.2 Å². The number of hydrogen-bond acceptors (Lipinski definition) is 16. The number of likely N-dealkylation sites (N-methyl/N-ethyl adjacent to an activating group) is 7. The lowest BCUT2D eigenvalue weighted by molar-refractivity contribution is -0.157. The minimum Gasteiger partial charge on any atom is -0.469 e. The van der Waals surface area contributed by atoms with E-state index in [2.05, 4.69) is 16.0 Å². The fourth-order valence-electron chi connectivity index (χ4n) is 11.9. The quantitative estimate of drug-likeness (QED) is 0.0441. The molecule has 4 N–H and O–H groups in total. The van der Waals surface area contributed by atoms with E-state index in [0.29, 0.717) is 12.7 Å². The lowest BCUT2D eigenvalue weighted by Crippen LogP contribution is -2.69. The molecule has 2 fully saturated rings. The maximum atomic E-state index is 15.5. The molecule has 0 aromatic heterocycles. The number of aliphatic hydroxyl groups is 1. The van der Waals surface area contributed by atoms with E-state index in [9.17, 15) is 29.1 Å². The molecule has 2 heterocycles. The van der Waals surface area contributed by atoms with Crippen molar-refractivity contribution >= 4 is 83.2 Å². The number of fused-ring (bicyclic) bond motifs is 2. The van der Waals surface area contributed by atoms with Gasteiger partial charge in [0.15, 0.2) is 11.9 Å². The van der Waals surface area contributed by atoms with Crippen molar-refractivity contribution in [2.24, 2.45) is 35.5 Å². The molecule has 0 spiro atoms. The predicted molar refractivity (Wildman–Crippen MR) is 350 cm³/mol. The highest BCUT2D eigenvalue weighted by atomic mass is 32.2. The van der Waals surface area contributed by atoms with Crippen molar-refractivity contribution < 1.29 is 67.4 Å². The minimum atomic E-state index is -1.96. The molecule has 2 bridgehead atoms. The zero-order chi connectivity index (χ0) is 70.0. The average Bonchev–Trinajstić information content (AvgIpc) is 1.77. The molecule has 518 valence electrons. The van der Waals surface area contributed by atoms with E-state index in [4.69, 9.17) is 4.74 Å². The number of rotatable bonds is 20. The third kappa shape index (κ3) is 20.7. The Bertz CT molecular complexity index is 2570. The molecule has 0 saturated carbocycles. The van der Waals surface area contributed by atoms with Gasteiger partial charge in [-0.25, -0.2) is 4.79 Å². The summed E-state index contributed by atoms with van der Waals surface area (Å²) in [7, 11) is 11.0. The highest BCUT2D eigenvalue weighted by Crippen LogP contribution is 2.30. The molecule has 2 saturated heterocycles. The van der Waals surface area contributed by atoms with E-state index < -0.39 is 155 Å². The molecular formula is C65H113N11O14S. The number of amides is 11. The summed E-state index contributed by atoms with van der Waals surface area (Å²) in [6, 6.07) is -13.5. The molecule has 2 rings (SSSR count). The lowest BCUT2D eigenvalue weighted by Gasteiger charge is -2.45. The van der Waals surface area contributed by atoms with Gasteiger partial charge in [0.05, 0.1) is 25.7 Å². The van der Waals surface area contributed by atoms with Crippen molar-refractivity contribution in [2.45, 2.75) is 227 Å². The average molecular weight is 1300 g/mol.